The molecule has 2 aromatic rings. The number of hydrogen-bond donors (Lipinski definition) is 1. The first-order valence-corrected chi connectivity index (χ1v) is 4.69. The number of Topliss-reactive ketones (excluding diaryl/α,β-unsaturated/α-hetero) is 1. The molecule has 2 N–H and O–H groups in total. The Hall–Kier alpha value is -1.75. The Bertz CT molecular complexity index is 515. The van der Waals surface area contributed by atoms with E-state index >= 15 is 0 Å². The van der Waals surface area contributed by atoms with Crippen LogP contribution in [0.2, 0.25) is 0 Å². The number of nitrogens with zero attached hydrogens (tertiary/aromatic N) is 3. The number of aromatic nitrogens is 3. The lowest BCUT2D eigenvalue weighted by Gasteiger charge is -1.97. The van der Waals surface area contributed by atoms with Gasteiger partial charge in [0.2, 0.25) is 0 Å². The van der Waals surface area contributed by atoms with Crippen LogP contribution in [0.4, 0.5) is 0 Å². The molecule has 0 aliphatic rings. The van der Waals surface area contributed by atoms with Crippen LogP contribution in [0.15, 0.2) is 18.6 Å². The summed E-state index contributed by atoms with van der Waals surface area (Å²) < 4.78 is 1.71. The van der Waals surface area contributed by atoms with Gasteiger partial charge in [-0.05, 0) is 13.8 Å². The molecule has 78 valence electrons. The van der Waals surface area contributed by atoms with Gasteiger partial charge in [-0.15, -0.1) is 0 Å². The molecule has 0 amide bonds. The van der Waals surface area contributed by atoms with Crippen LogP contribution in [0.5, 0.6) is 0 Å². The van der Waals surface area contributed by atoms with Crippen LogP contribution in [-0.4, -0.2) is 26.2 Å². The average Bonchev–Trinajstić information content (AvgIpc) is 2.58. The van der Waals surface area contributed by atoms with Crippen molar-refractivity contribution in [1.29, 1.82) is 0 Å². The normalized spacial score (nSPS) is 13.0. The van der Waals surface area contributed by atoms with E-state index < -0.39 is 6.04 Å². The SMILES string of the molecule is Cc1cc2nc(C(=O)C(C)N)cn2cn1. The minimum Gasteiger partial charge on any atom is -0.321 e. The van der Waals surface area contributed by atoms with Crippen LogP contribution in [0.3, 0.4) is 0 Å². The third kappa shape index (κ3) is 1.73. The number of carbonyl (C=O) groups is 1. The van der Waals surface area contributed by atoms with Crippen LogP contribution in [0.1, 0.15) is 23.1 Å². The van der Waals surface area contributed by atoms with Crippen molar-refractivity contribution in [3.63, 3.8) is 0 Å². The second-order valence-electron chi connectivity index (χ2n) is 3.57. The lowest BCUT2D eigenvalue weighted by atomic mass is 10.2. The van der Waals surface area contributed by atoms with E-state index in [-0.39, 0.29) is 5.78 Å². The molecule has 2 heterocycles. The van der Waals surface area contributed by atoms with Gasteiger partial charge in [-0.3, -0.25) is 9.20 Å². The van der Waals surface area contributed by atoms with E-state index in [1.807, 2.05) is 13.0 Å². The number of hydrogen-bond acceptors (Lipinski definition) is 4. The molecule has 0 aliphatic heterocycles. The van der Waals surface area contributed by atoms with E-state index in [1.54, 1.807) is 23.8 Å². The summed E-state index contributed by atoms with van der Waals surface area (Å²) >= 11 is 0. The van der Waals surface area contributed by atoms with Crippen LogP contribution in [-0.2, 0) is 0 Å². The zero-order chi connectivity index (χ0) is 11.0. The van der Waals surface area contributed by atoms with Crippen molar-refractivity contribution in [2.45, 2.75) is 19.9 Å². The number of aryl methyl sites for hydroxylation is 1. The lowest BCUT2D eigenvalue weighted by Crippen LogP contribution is -2.26. The quantitative estimate of drug-likeness (QED) is 0.726. The van der Waals surface area contributed by atoms with Crippen molar-refractivity contribution in [3.05, 3.63) is 30.0 Å². The summed E-state index contributed by atoms with van der Waals surface area (Å²) in [6.45, 7) is 3.53. The molecule has 0 aromatic carbocycles. The highest BCUT2D eigenvalue weighted by Crippen LogP contribution is 2.07. The fourth-order valence-electron chi connectivity index (χ4n) is 1.34. The zero-order valence-corrected chi connectivity index (χ0v) is 8.64. The minimum atomic E-state index is -0.524. The summed E-state index contributed by atoms with van der Waals surface area (Å²) in [4.78, 5) is 19.9. The fraction of sp³-hybridized carbons (Fsp3) is 0.300. The smallest absolute Gasteiger partial charge is 0.199 e. The molecule has 15 heavy (non-hydrogen) atoms. The predicted octanol–water partition coefficient (Wildman–Crippen LogP) is 0.568. The van der Waals surface area contributed by atoms with E-state index in [9.17, 15) is 4.79 Å². The van der Waals surface area contributed by atoms with Gasteiger partial charge in [0.1, 0.15) is 17.7 Å². The first-order chi connectivity index (χ1) is 7.08. The van der Waals surface area contributed by atoms with Gasteiger partial charge in [-0.2, -0.15) is 0 Å². The lowest BCUT2D eigenvalue weighted by molar-refractivity contribution is 0.0963. The Morgan fingerprint density at radius 1 is 1.60 bits per heavy atom. The predicted molar refractivity (Wildman–Crippen MR) is 55.7 cm³/mol. The van der Waals surface area contributed by atoms with Gasteiger partial charge in [0, 0.05) is 18.0 Å². The molecule has 2 rings (SSSR count). The first kappa shape index (κ1) is 9.79. The van der Waals surface area contributed by atoms with Crippen molar-refractivity contribution in [2.24, 2.45) is 5.73 Å². The second-order valence-corrected chi connectivity index (χ2v) is 3.57. The molecule has 0 spiro atoms. The third-order valence-corrected chi connectivity index (χ3v) is 2.15. The Balaban J connectivity index is 2.52. The van der Waals surface area contributed by atoms with Crippen molar-refractivity contribution in [2.75, 3.05) is 0 Å². The maximum Gasteiger partial charge on any atom is 0.199 e. The van der Waals surface area contributed by atoms with Gasteiger partial charge < -0.3 is 5.73 Å². The average molecular weight is 204 g/mol. The van der Waals surface area contributed by atoms with Crippen LogP contribution in [0, 0.1) is 6.92 Å². The van der Waals surface area contributed by atoms with E-state index in [2.05, 4.69) is 9.97 Å². The Labute approximate surface area is 87.0 Å². The Morgan fingerprint density at radius 3 is 3.00 bits per heavy atom. The number of carbonyl (C=O) groups excluding carboxylic acids is 1. The molecule has 0 bridgehead atoms. The topological polar surface area (TPSA) is 73.3 Å². The summed E-state index contributed by atoms with van der Waals surface area (Å²) in [5, 5.41) is 0. The molecular formula is C10H12N4O. The number of fused-ring (bicyclic) bond motifs is 1. The number of ketones is 1. The summed E-state index contributed by atoms with van der Waals surface area (Å²) in [5.41, 5.74) is 7.47. The third-order valence-electron chi connectivity index (χ3n) is 2.15. The molecule has 0 saturated carbocycles. The standard InChI is InChI=1S/C10H12N4O/c1-6-3-9-13-8(10(15)7(2)11)4-14(9)5-12-6/h3-5,7H,11H2,1-2H3. The maximum atomic E-state index is 11.6. The highest BCUT2D eigenvalue weighted by atomic mass is 16.1. The molecule has 5 heteroatoms. The van der Waals surface area contributed by atoms with Crippen molar-refractivity contribution >= 4 is 11.4 Å². The van der Waals surface area contributed by atoms with Crippen molar-refractivity contribution in [3.8, 4) is 0 Å². The van der Waals surface area contributed by atoms with Crippen molar-refractivity contribution in [1.82, 2.24) is 14.4 Å². The number of rotatable bonds is 2. The maximum absolute atomic E-state index is 11.6. The molecule has 1 unspecified atom stereocenters. The van der Waals surface area contributed by atoms with Crippen LogP contribution >= 0.6 is 0 Å². The summed E-state index contributed by atoms with van der Waals surface area (Å²) in [6.07, 6.45) is 3.28. The molecule has 5 nitrogen and oxygen atoms in total. The minimum absolute atomic E-state index is 0.156. The highest BCUT2D eigenvalue weighted by molar-refractivity contribution is 5.98. The summed E-state index contributed by atoms with van der Waals surface area (Å²) in [7, 11) is 0. The van der Waals surface area contributed by atoms with Crippen LogP contribution in [0.25, 0.3) is 5.65 Å². The highest BCUT2D eigenvalue weighted by Gasteiger charge is 2.14. The van der Waals surface area contributed by atoms with Gasteiger partial charge in [0.25, 0.3) is 0 Å². The van der Waals surface area contributed by atoms with E-state index in [4.69, 9.17) is 5.73 Å². The molecule has 0 radical (unpaired) electrons. The summed E-state index contributed by atoms with van der Waals surface area (Å²) in [5.74, 6) is -0.156. The summed E-state index contributed by atoms with van der Waals surface area (Å²) in [6, 6.07) is 1.29. The van der Waals surface area contributed by atoms with Crippen LogP contribution < -0.4 is 5.73 Å². The first-order valence-electron chi connectivity index (χ1n) is 4.69. The Kier molecular flexibility index (Phi) is 2.24. The van der Waals surface area contributed by atoms with Gasteiger partial charge in [-0.1, -0.05) is 0 Å². The monoisotopic (exact) mass is 204 g/mol. The molecular weight excluding hydrogens is 192 g/mol. The number of nitrogens with two attached hydrogens (primary N) is 1. The molecule has 0 aliphatic carbocycles. The van der Waals surface area contributed by atoms with Gasteiger partial charge in [0.15, 0.2) is 5.78 Å². The number of imidazole rings is 1. The fourth-order valence-corrected chi connectivity index (χ4v) is 1.34. The van der Waals surface area contributed by atoms with Gasteiger partial charge in [-0.25, -0.2) is 9.97 Å². The van der Waals surface area contributed by atoms with E-state index in [1.165, 1.54) is 0 Å². The molecule has 0 fully saturated rings. The Morgan fingerprint density at radius 2 is 2.33 bits per heavy atom. The van der Waals surface area contributed by atoms with E-state index in [0.717, 1.165) is 5.69 Å². The largest absolute Gasteiger partial charge is 0.321 e. The molecule has 1 atom stereocenters. The molecule has 2 aromatic heterocycles. The molecule has 0 saturated heterocycles. The second kappa shape index (κ2) is 3.43. The zero-order valence-electron chi connectivity index (χ0n) is 8.64. The van der Waals surface area contributed by atoms with Gasteiger partial charge >= 0.3 is 0 Å². The van der Waals surface area contributed by atoms with Crippen molar-refractivity contribution < 1.29 is 4.79 Å². The van der Waals surface area contributed by atoms with E-state index in [0.29, 0.717) is 11.3 Å². The van der Waals surface area contributed by atoms with Gasteiger partial charge in [0.05, 0.1) is 6.04 Å².